The van der Waals surface area contributed by atoms with Gasteiger partial charge >= 0.3 is 0 Å². The first kappa shape index (κ1) is 45.8. The molecule has 2 aliphatic rings. The molecule has 2 amide bonds. The lowest BCUT2D eigenvalue weighted by atomic mass is 9.85. The van der Waals surface area contributed by atoms with Crippen LogP contribution in [0.4, 0.5) is 11.4 Å². The summed E-state index contributed by atoms with van der Waals surface area (Å²) in [6.07, 6.45) is 2.05. The zero-order chi connectivity index (χ0) is 43.5. The van der Waals surface area contributed by atoms with Gasteiger partial charge in [-0.15, -0.1) is 10.2 Å². The maximum atomic E-state index is 12.7. The highest BCUT2D eigenvalue weighted by molar-refractivity contribution is 5.91. The average molecular weight is 849 g/mol. The number of rotatable bonds is 20. The van der Waals surface area contributed by atoms with E-state index in [1.54, 1.807) is 21.8 Å². The van der Waals surface area contributed by atoms with Gasteiger partial charge in [0.2, 0.25) is 11.8 Å². The quantitative estimate of drug-likeness (QED) is 0.0463. The SMILES string of the molecule is N[C@@H]1C[C@H](N)[C@@H](OCCCc2cn(CCC(=O)Nc3ccc(Cc4ccc(NC(=O)CCn5cc(CCCO[C@H]6[C@H](O)[C@@H](O)[C@H](N)C[C@@H]6N)nn5)cc4)cc3)nn2)[C@H](O)[C@H]1O. The first-order valence-corrected chi connectivity index (χ1v) is 20.9. The Morgan fingerprint density at radius 2 is 1.00 bits per heavy atom. The summed E-state index contributed by atoms with van der Waals surface area (Å²) in [6.45, 7) is 1.37. The minimum absolute atomic E-state index is 0.152. The molecule has 20 heteroatoms. The fraction of sp³-hybridized carbons (Fsp3) is 0.561. The van der Waals surface area contributed by atoms with E-state index in [1.165, 1.54) is 0 Å². The number of carbonyl (C=O) groups excluding carboxylic acids is 2. The fourth-order valence-corrected chi connectivity index (χ4v) is 7.62. The molecule has 2 saturated carbocycles. The first-order chi connectivity index (χ1) is 29.3. The molecule has 0 radical (unpaired) electrons. The molecule has 0 saturated heterocycles. The Kier molecular flexibility index (Phi) is 16.4. The van der Waals surface area contributed by atoms with Crippen molar-refractivity contribution in [3.8, 4) is 0 Å². The van der Waals surface area contributed by atoms with Crippen LogP contribution in [0.15, 0.2) is 60.9 Å². The molecule has 14 N–H and O–H groups in total. The molecule has 2 heterocycles. The third-order valence-corrected chi connectivity index (χ3v) is 11.1. The van der Waals surface area contributed by atoms with Crippen LogP contribution in [-0.4, -0.2) is 136 Å². The van der Waals surface area contributed by atoms with Crippen LogP contribution in [0.3, 0.4) is 0 Å². The molecule has 0 bridgehead atoms. The van der Waals surface area contributed by atoms with Crippen LogP contribution < -0.4 is 33.6 Å². The summed E-state index contributed by atoms with van der Waals surface area (Å²) in [4.78, 5) is 25.3. The third-order valence-electron chi connectivity index (χ3n) is 11.1. The number of aromatic nitrogens is 6. The number of amides is 2. The second-order valence-corrected chi connectivity index (χ2v) is 16.1. The number of ether oxygens (including phenoxy) is 2. The Morgan fingerprint density at radius 1 is 0.607 bits per heavy atom. The number of aliphatic hydroxyl groups is 4. The van der Waals surface area contributed by atoms with Gasteiger partial charge in [-0.1, -0.05) is 34.7 Å². The molecule has 332 valence electrons. The highest BCUT2D eigenvalue weighted by atomic mass is 16.5. The summed E-state index contributed by atoms with van der Waals surface area (Å²) >= 11 is 0. The van der Waals surface area contributed by atoms with E-state index in [1.807, 2.05) is 48.5 Å². The van der Waals surface area contributed by atoms with E-state index in [9.17, 15) is 30.0 Å². The minimum Gasteiger partial charge on any atom is -0.389 e. The summed E-state index contributed by atoms with van der Waals surface area (Å²) in [6, 6.07) is 13.2. The average Bonchev–Trinajstić information content (AvgIpc) is 3.91. The number of carbonyl (C=O) groups is 2. The van der Waals surface area contributed by atoms with Gasteiger partial charge in [0.05, 0.1) is 36.7 Å². The minimum atomic E-state index is -1.13. The number of nitrogens with two attached hydrogens (primary N) is 4. The topological polar surface area (TPSA) is 323 Å². The molecular weight excluding hydrogens is 789 g/mol. The van der Waals surface area contributed by atoms with Crippen LogP contribution in [0, 0.1) is 0 Å². The van der Waals surface area contributed by atoms with Crippen molar-refractivity contribution in [1.29, 1.82) is 0 Å². The Balaban J connectivity index is 0.831. The van der Waals surface area contributed by atoms with Crippen LogP contribution in [0.2, 0.25) is 0 Å². The Morgan fingerprint density at radius 3 is 1.39 bits per heavy atom. The van der Waals surface area contributed by atoms with Gasteiger partial charge in [-0.05, 0) is 80.3 Å². The van der Waals surface area contributed by atoms with E-state index < -0.39 is 60.8 Å². The van der Waals surface area contributed by atoms with Gasteiger partial charge in [0.25, 0.3) is 0 Å². The first-order valence-electron chi connectivity index (χ1n) is 20.9. The van der Waals surface area contributed by atoms with E-state index >= 15 is 0 Å². The van der Waals surface area contributed by atoms with Crippen molar-refractivity contribution in [2.75, 3.05) is 23.8 Å². The monoisotopic (exact) mass is 848 g/mol. The molecule has 2 aliphatic carbocycles. The molecule has 2 aromatic carbocycles. The molecule has 0 aliphatic heterocycles. The van der Waals surface area contributed by atoms with Crippen LogP contribution in [0.5, 0.6) is 0 Å². The van der Waals surface area contributed by atoms with Crippen molar-refractivity contribution in [1.82, 2.24) is 30.0 Å². The summed E-state index contributed by atoms with van der Waals surface area (Å²) in [7, 11) is 0. The molecular formula is C41H60N12O8. The van der Waals surface area contributed by atoms with E-state index in [-0.39, 0.29) is 24.7 Å². The standard InChI is InChI=1S/C41H60N12O8/c42-30-20-32(44)40(38(58)36(30)56)60-17-1-3-28-22-52(50-48-28)15-13-34(54)46-26-9-5-24(6-10-26)19-25-7-11-27(12-8-25)47-35(55)14-16-53-23-29(49-51-53)4-2-18-61-41-33(45)21-31(43)37(57)39(41)59/h5-12,22-23,30-33,36-41,56-59H,1-4,13-21,42-45H2,(H,46,54)(H,47,55)/t30-,31-,32+,33+,36+,37+,38-,39-,40-,41-/m1/s1. The largest absolute Gasteiger partial charge is 0.389 e. The second kappa shape index (κ2) is 21.9. The summed E-state index contributed by atoms with van der Waals surface area (Å²) < 4.78 is 14.8. The predicted octanol–water partition coefficient (Wildman–Crippen LogP) is -1.29. The smallest absolute Gasteiger partial charge is 0.226 e. The van der Waals surface area contributed by atoms with E-state index in [4.69, 9.17) is 32.4 Å². The lowest BCUT2D eigenvalue weighted by Crippen LogP contribution is -2.62. The molecule has 4 aromatic rings. The zero-order valence-electron chi connectivity index (χ0n) is 34.2. The number of nitrogens with one attached hydrogen (secondary N) is 2. The molecule has 20 nitrogen and oxygen atoms in total. The van der Waals surface area contributed by atoms with E-state index in [0.29, 0.717) is 82.6 Å². The molecule has 61 heavy (non-hydrogen) atoms. The number of hydrogen-bond acceptors (Lipinski definition) is 16. The van der Waals surface area contributed by atoms with Gasteiger partial charge in [0, 0.05) is 74.0 Å². The highest BCUT2D eigenvalue weighted by Crippen LogP contribution is 2.23. The number of nitrogens with zero attached hydrogens (tertiary/aromatic N) is 6. The predicted molar refractivity (Wildman–Crippen MR) is 224 cm³/mol. The van der Waals surface area contributed by atoms with Crippen molar-refractivity contribution >= 4 is 23.2 Å². The lowest BCUT2D eigenvalue weighted by Gasteiger charge is -2.39. The lowest BCUT2D eigenvalue weighted by molar-refractivity contribution is -0.127. The molecule has 0 spiro atoms. The van der Waals surface area contributed by atoms with Gasteiger partial charge in [-0.3, -0.25) is 19.0 Å². The molecule has 2 fully saturated rings. The maximum absolute atomic E-state index is 12.7. The molecule has 10 atom stereocenters. The second-order valence-electron chi connectivity index (χ2n) is 16.1. The van der Waals surface area contributed by atoms with Gasteiger partial charge < -0.3 is 63.5 Å². The van der Waals surface area contributed by atoms with E-state index in [2.05, 4.69) is 31.3 Å². The number of aryl methyl sites for hydroxylation is 4. The van der Waals surface area contributed by atoms with Crippen molar-refractivity contribution in [3.63, 3.8) is 0 Å². The summed E-state index contributed by atoms with van der Waals surface area (Å²) in [5.41, 5.74) is 28.7. The third kappa shape index (κ3) is 13.1. The zero-order valence-corrected chi connectivity index (χ0v) is 34.2. The number of anilines is 2. The van der Waals surface area contributed by atoms with Gasteiger partial charge in [0.1, 0.15) is 24.4 Å². The van der Waals surface area contributed by atoms with Gasteiger partial charge in [-0.25, -0.2) is 0 Å². The van der Waals surface area contributed by atoms with Gasteiger partial charge in [0.15, 0.2) is 0 Å². The van der Waals surface area contributed by atoms with Crippen molar-refractivity contribution in [2.24, 2.45) is 22.9 Å². The van der Waals surface area contributed by atoms with Crippen LogP contribution in [0.25, 0.3) is 0 Å². The Bertz CT molecular complexity index is 1840. The van der Waals surface area contributed by atoms with Crippen molar-refractivity contribution in [3.05, 3.63) is 83.4 Å². The normalized spacial score (nSPS) is 26.6. The summed E-state index contributed by atoms with van der Waals surface area (Å²) in [5, 5.41) is 63.0. The molecule has 6 rings (SSSR count). The maximum Gasteiger partial charge on any atom is 0.226 e. The van der Waals surface area contributed by atoms with Crippen LogP contribution in [-0.2, 0) is 51.4 Å². The summed E-state index contributed by atoms with van der Waals surface area (Å²) in [5.74, 6) is -0.303. The fourth-order valence-electron chi connectivity index (χ4n) is 7.62. The highest BCUT2D eigenvalue weighted by Gasteiger charge is 2.42. The van der Waals surface area contributed by atoms with Crippen LogP contribution in [0.1, 0.15) is 61.0 Å². The van der Waals surface area contributed by atoms with Gasteiger partial charge in [-0.2, -0.15) is 0 Å². The van der Waals surface area contributed by atoms with Crippen LogP contribution >= 0.6 is 0 Å². The van der Waals surface area contributed by atoms with E-state index in [0.717, 1.165) is 22.5 Å². The van der Waals surface area contributed by atoms with Crippen molar-refractivity contribution in [2.45, 2.75) is 132 Å². The Labute approximate surface area is 353 Å². The molecule has 0 unspecified atom stereocenters. The Hall–Kier alpha value is -4.74. The van der Waals surface area contributed by atoms with Crippen molar-refractivity contribution < 1.29 is 39.5 Å². The molecule has 2 aromatic heterocycles. The number of benzene rings is 2. The number of aliphatic hydroxyl groups excluding tert-OH is 4. The number of hydrogen-bond donors (Lipinski definition) is 10.